The molecule has 1 aliphatic rings. The summed E-state index contributed by atoms with van der Waals surface area (Å²) in [5.74, 6) is 0. The third-order valence-corrected chi connectivity index (χ3v) is 6.44. The van der Waals surface area contributed by atoms with Gasteiger partial charge >= 0.3 is 0 Å². The van der Waals surface area contributed by atoms with E-state index in [-0.39, 0.29) is 5.60 Å². The lowest BCUT2D eigenvalue weighted by atomic mass is 9.82. The van der Waals surface area contributed by atoms with Gasteiger partial charge in [0.25, 0.3) is 0 Å². The van der Waals surface area contributed by atoms with Crippen molar-refractivity contribution < 1.29 is 9.53 Å². The Kier molecular flexibility index (Phi) is 6.21. The van der Waals surface area contributed by atoms with Crippen molar-refractivity contribution in [2.45, 2.75) is 24.9 Å². The number of carbonyl (C=O) groups is 1. The van der Waals surface area contributed by atoms with Gasteiger partial charge in [0.2, 0.25) is 0 Å². The molecule has 0 atom stereocenters. The van der Waals surface area contributed by atoms with E-state index in [4.69, 9.17) is 16.3 Å². The molecule has 154 valence electrons. The minimum atomic E-state index is -0.179. The SMILES string of the molecule is COC1(Cc2ccccc2-c2ccc(Cl)cc2)CCN(c2ccc(C=O)cc2)CC1. The van der Waals surface area contributed by atoms with Crippen LogP contribution in [0.1, 0.15) is 28.8 Å². The van der Waals surface area contributed by atoms with Gasteiger partial charge in [0.1, 0.15) is 6.29 Å². The molecule has 4 heteroatoms. The highest BCUT2D eigenvalue weighted by Crippen LogP contribution is 2.35. The Labute approximate surface area is 183 Å². The zero-order chi connectivity index (χ0) is 21.0. The quantitative estimate of drug-likeness (QED) is 0.455. The maximum Gasteiger partial charge on any atom is 0.150 e. The largest absolute Gasteiger partial charge is 0.378 e. The van der Waals surface area contributed by atoms with Gasteiger partial charge in [-0.3, -0.25) is 4.79 Å². The van der Waals surface area contributed by atoms with Crippen molar-refractivity contribution >= 4 is 23.6 Å². The van der Waals surface area contributed by atoms with Crippen LogP contribution in [0.2, 0.25) is 5.02 Å². The van der Waals surface area contributed by atoms with E-state index < -0.39 is 0 Å². The third kappa shape index (κ3) is 4.43. The number of hydrogen-bond donors (Lipinski definition) is 0. The number of hydrogen-bond acceptors (Lipinski definition) is 3. The Morgan fingerprint density at radius 2 is 1.63 bits per heavy atom. The molecule has 3 aromatic carbocycles. The minimum Gasteiger partial charge on any atom is -0.378 e. The van der Waals surface area contributed by atoms with E-state index in [1.807, 2.05) is 43.5 Å². The molecule has 0 N–H and O–H groups in total. The molecule has 0 aliphatic carbocycles. The molecule has 0 saturated carbocycles. The van der Waals surface area contributed by atoms with Crippen molar-refractivity contribution in [1.82, 2.24) is 0 Å². The maximum absolute atomic E-state index is 10.9. The molecule has 1 fully saturated rings. The molecule has 0 aromatic heterocycles. The lowest BCUT2D eigenvalue weighted by Crippen LogP contribution is -2.47. The second-order valence-electron chi connectivity index (χ2n) is 7.92. The number of ether oxygens (including phenoxy) is 1. The molecule has 0 amide bonds. The molecule has 0 spiro atoms. The summed E-state index contributed by atoms with van der Waals surface area (Å²) in [6, 6.07) is 24.4. The number of aldehydes is 1. The molecule has 0 radical (unpaired) electrons. The van der Waals surface area contributed by atoms with Crippen molar-refractivity contribution in [3.05, 3.63) is 88.9 Å². The molecule has 4 rings (SSSR count). The molecule has 1 aliphatic heterocycles. The molecule has 30 heavy (non-hydrogen) atoms. The van der Waals surface area contributed by atoms with Crippen molar-refractivity contribution in [1.29, 1.82) is 0 Å². The molecule has 3 aromatic rings. The highest BCUT2D eigenvalue weighted by atomic mass is 35.5. The standard InChI is InChI=1S/C26H26ClNO2/c1-30-26(14-16-28(17-15-26)24-12-6-20(19-29)7-13-24)18-22-4-2-3-5-25(22)21-8-10-23(27)11-9-21/h2-13,19H,14-18H2,1H3. The zero-order valence-corrected chi connectivity index (χ0v) is 17.9. The summed E-state index contributed by atoms with van der Waals surface area (Å²) < 4.78 is 6.12. The number of methoxy groups -OCH3 is 1. The van der Waals surface area contributed by atoms with Gasteiger partial charge < -0.3 is 9.64 Å². The number of rotatable bonds is 6. The first-order valence-corrected chi connectivity index (χ1v) is 10.7. The maximum atomic E-state index is 10.9. The van der Waals surface area contributed by atoms with Crippen molar-refractivity contribution in [3.63, 3.8) is 0 Å². The van der Waals surface area contributed by atoms with Gasteiger partial charge in [0, 0.05) is 42.9 Å². The Hall–Kier alpha value is -2.62. The Bertz CT molecular complexity index is 990. The van der Waals surface area contributed by atoms with Crippen LogP contribution in [-0.4, -0.2) is 32.1 Å². The second-order valence-corrected chi connectivity index (χ2v) is 8.36. The van der Waals surface area contributed by atoms with Crippen LogP contribution in [0.15, 0.2) is 72.8 Å². The fourth-order valence-corrected chi connectivity index (χ4v) is 4.45. The Morgan fingerprint density at radius 3 is 2.27 bits per heavy atom. The summed E-state index contributed by atoms with van der Waals surface area (Å²) in [5, 5.41) is 0.748. The van der Waals surface area contributed by atoms with Gasteiger partial charge in [0.15, 0.2) is 0 Å². The van der Waals surface area contributed by atoms with Crippen LogP contribution >= 0.6 is 11.6 Å². The fraction of sp³-hybridized carbons (Fsp3) is 0.269. The van der Waals surface area contributed by atoms with Crippen LogP contribution in [0, 0.1) is 0 Å². The number of piperidine rings is 1. The van der Waals surface area contributed by atoms with Gasteiger partial charge in [-0.1, -0.05) is 48.0 Å². The molecular weight excluding hydrogens is 394 g/mol. The first-order chi connectivity index (χ1) is 14.6. The molecule has 0 bridgehead atoms. The summed E-state index contributed by atoms with van der Waals surface area (Å²) >= 11 is 6.08. The monoisotopic (exact) mass is 419 g/mol. The summed E-state index contributed by atoms with van der Waals surface area (Å²) in [6.07, 6.45) is 3.66. The summed E-state index contributed by atoms with van der Waals surface area (Å²) in [5.41, 5.74) is 5.39. The second kappa shape index (κ2) is 9.03. The number of anilines is 1. The molecule has 3 nitrogen and oxygen atoms in total. The van der Waals surface area contributed by atoms with E-state index in [1.165, 1.54) is 16.7 Å². The van der Waals surface area contributed by atoms with E-state index in [1.54, 1.807) is 0 Å². The lowest BCUT2D eigenvalue weighted by molar-refractivity contribution is -0.0288. The van der Waals surface area contributed by atoms with E-state index in [2.05, 4.69) is 41.3 Å². The van der Waals surface area contributed by atoms with Crippen LogP contribution in [0.4, 0.5) is 5.69 Å². The normalized spacial score (nSPS) is 15.7. The van der Waals surface area contributed by atoms with Gasteiger partial charge in [0.05, 0.1) is 5.60 Å². The summed E-state index contributed by atoms with van der Waals surface area (Å²) in [6.45, 7) is 1.86. The van der Waals surface area contributed by atoms with Crippen LogP contribution < -0.4 is 4.90 Å². The minimum absolute atomic E-state index is 0.179. The Balaban J connectivity index is 1.51. The van der Waals surface area contributed by atoms with Crippen molar-refractivity contribution in [2.75, 3.05) is 25.1 Å². The van der Waals surface area contributed by atoms with Crippen LogP contribution in [0.5, 0.6) is 0 Å². The first-order valence-electron chi connectivity index (χ1n) is 10.3. The average molecular weight is 420 g/mol. The average Bonchev–Trinajstić information content (AvgIpc) is 2.81. The molecule has 0 unspecified atom stereocenters. The van der Waals surface area contributed by atoms with Gasteiger partial charge in [-0.2, -0.15) is 0 Å². The fourth-order valence-electron chi connectivity index (χ4n) is 4.32. The summed E-state index contributed by atoms with van der Waals surface area (Å²) in [7, 11) is 1.83. The molecule has 1 saturated heterocycles. The number of halogens is 1. The van der Waals surface area contributed by atoms with Gasteiger partial charge in [-0.25, -0.2) is 0 Å². The van der Waals surface area contributed by atoms with Gasteiger partial charge in [-0.15, -0.1) is 0 Å². The number of benzene rings is 3. The van der Waals surface area contributed by atoms with Crippen LogP contribution in [0.25, 0.3) is 11.1 Å². The highest BCUT2D eigenvalue weighted by Gasteiger charge is 2.35. The van der Waals surface area contributed by atoms with Crippen LogP contribution in [0.3, 0.4) is 0 Å². The van der Waals surface area contributed by atoms with E-state index in [0.29, 0.717) is 5.56 Å². The number of carbonyl (C=O) groups excluding carboxylic acids is 1. The number of nitrogens with zero attached hydrogens (tertiary/aromatic N) is 1. The van der Waals surface area contributed by atoms with Crippen molar-refractivity contribution in [3.8, 4) is 11.1 Å². The topological polar surface area (TPSA) is 29.5 Å². The van der Waals surface area contributed by atoms with Crippen LogP contribution in [-0.2, 0) is 11.2 Å². The lowest BCUT2D eigenvalue weighted by Gasteiger charge is -2.42. The van der Waals surface area contributed by atoms with E-state index >= 15 is 0 Å². The summed E-state index contributed by atoms with van der Waals surface area (Å²) in [4.78, 5) is 13.3. The molecule has 1 heterocycles. The van der Waals surface area contributed by atoms with Crippen molar-refractivity contribution in [2.24, 2.45) is 0 Å². The zero-order valence-electron chi connectivity index (χ0n) is 17.2. The first kappa shape index (κ1) is 20.6. The third-order valence-electron chi connectivity index (χ3n) is 6.19. The smallest absolute Gasteiger partial charge is 0.150 e. The predicted octanol–water partition coefficient (Wildman–Crippen LogP) is 6.05. The van der Waals surface area contributed by atoms with E-state index in [9.17, 15) is 4.79 Å². The Morgan fingerprint density at radius 1 is 0.967 bits per heavy atom. The van der Waals surface area contributed by atoms with E-state index in [0.717, 1.165) is 49.3 Å². The highest BCUT2D eigenvalue weighted by molar-refractivity contribution is 6.30. The predicted molar refractivity (Wildman–Crippen MR) is 124 cm³/mol. The van der Waals surface area contributed by atoms with Gasteiger partial charge in [-0.05, 0) is 65.9 Å². The molecular formula is C26H26ClNO2.